The van der Waals surface area contributed by atoms with Gasteiger partial charge >= 0.3 is 0 Å². The minimum atomic E-state index is -0.578. The molecule has 0 aromatic heterocycles. The van der Waals surface area contributed by atoms with Crippen LogP contribution in [0.5, 0.6) is 5.75 Å². The Morgan fingerprint density at radius 3 is 2.44 bits per heavy atom. The van der Waals surface area contributed by atoms with Crippen molar-refractivity contribution in [3.63, 3.8) is 0 Å². The maximum Gasteiger partial charge on any atom is 0.266 e. The number of fused-ring (bicyclic) bond motifs is 1. The molecule has 7 heteroatoms. The molecule has 0 fully saturated rings. The van der Waals surface area contributed by atoms with Crippen molar-refractivity contribution in [3.05, 3.63) is 111 Å². The Kier molecular flexibility index (Phi) is 7.40. The predicted octanol–water partition coefficient (Wildman–Crippen LogP) is 7.92. The molecule has 0 aliphatic carbocycles. The number of nitrogens with one attached hydrogen (secondary N) is 1. The van der Waals surface area contributed by atoms with Gasteiger partial charge in [-0.25, -0.2) is 0 Å². The highest BCUT2D eigenvalue weighted by molar-refractivity contribution is 6.42. The van der Waals surface area contributed by atoms with E-state index in [1.807, 2.05) is 60.7 Å². The molecule has 0 spiro atoms. The van der Waals surface area contributed by atoms with Gasteiger partial charge in [0.05, 0.1) is 10.0 Å². The number of amides is 1. The van der Waals surface area contributed by atoms with Gasteiger partial charge in [0.15, 0.2) is 0 Å². The lowest BCUT2D eigenvalue weighted by Gasteiger charge is -2.13. The van der Waals surface area contributed by atoms with Crippen molar-refractivity contribution in [2.45, 2.75) is 6.61 Å². The summed E-state index contributed by atoms with van der Waals surface area (Å²) in [6.45, 7) is 0.232. The Bertz CT molecular complexity index is 1460. The summed E-state index contributed by atoms with van der Waals surface area (Å²) in [5, 5.41) is 15.5. The van der Waals surface area contributed by atoms with Gasteiger partial charge in [-0.3, -0.25) is 4.79 Å². The molecule has 0 unspecified atom stereocenters. The average molecular weight is 508 g/mol. The minimum absolute atomic E-state index is 0.0926. The van der Waals surface area contributed by atoms with Crippen LogP contribution >= 0.6 is 34.8 Å². The van der Waals surface area contributed by atoms with Crippen LogP contribution < -0.4 is 10.1 Å². The van der Waals surface area contributed by atoms with Crippen LogP contribution in [0.4, 0.5) is 5.69 Å². The highest BCUT2D eigenvalue weighted by Gasteiger charge is 2.15. The first kappa shape index (κ1) is 23.7. The van der Waals surface area contributed by atoms with Crippen LogP contribution in [0.3, 0.4) is 0 Å². The molecule has 34 heavy (non-hydrogen) atoms. The molecule has 1 N–H and O–H groups in total. The van der Waals surface area contributed by atoms with E-state index >= 15 is 0 Å². The van der Waals surface area contributed by atoms with E-state index in [0.29, 0.717) is 32.1 Å². The molecule has 0 atom stereocenters. The molecule has 4 aromatic rings. The standard InChI is InChI=1S/C27H17Cl3N2O2/c28-23-8-4-2-6-18(23)16-34-26-12-9-17-5-1-3-7-21(17)22(26)13-19(15-31)27(33)32-20-10-11-24(29)25(30)14-20/h1-14H,16H2,(H,32,33)/b19-13+. The zero-order chi connectivity index (χ0) is 24.1. The molecule has 4 rings (SSSR count). The van der Waals surface area contributed by atoms with Gasteiger partial charge in [0.2, 0.25) is 0 Å². The van der Waals surface area contributed by atoms with Crippen molar-refractivity contribution in [1.82, 2.24) is 0 Å². The van der Waals surface area contributed by atoms with Crippen molar-refractivity contribution < 1.29 is 9.53 Å². The van der Waals surface area contributed by atoms with Gasteiger partial charge in [0, 0.05) is 21.8 Å². The maximum atomic E-state index is 12.9. The monoisotopic (exact) mass is 506 g/mol. The van der Waals surface area contributed by atoms with E-state index in [0.717, 1.165) is 16.3 Å². The SMILES string of the molecule is N#C/C(=C\c1c(OCc2ccccc2Cl)ccc2ccccc12)C(=O)Nc1ccc(Cl)c(Cl)c1. The molecule has 0 radical (unpaired) electrons. The number of halogens is 3. The van der Waals surface area contributed by atoms with E-state index in [1.165, 1.54) is 12.1 Å². The van der Waals surface area contributed by atoms with Gasteiger partial charge in [0.25, 0.3) is 5.91 Å². The molecule has 0 aliphatic rings. The number of anilines is 1. The Labute approximate surface area is 211 Å². The summed E-state index contributed by atoms with van der Waals surface area (Å²) < 4.78 is 6.08. The first-order chi connectivity index (χ1) is 16.5. The Morgan fingerprint density at radius 1 is 0.912 bits per heavy atom. The largest absolute Gasteiger partial charge is 0.488 e. The quantitative estimate of drug-likeness (QED) is 0.213. The van der Waals surface area contributed by atoms with Crippen LogP contribution in [0.25, 0.3) is 16.8 Å². The Hall–Kier alpha value is -3.49. The van der Waals surface area contributed by atoms with Gasteiger partial charge in [0.1, 0.15) is 24.0 Å². The predicted molar refractivity (Wildman–Crippen MR) is 138 cm³/mol. The van der Waals surface area contributed by atoms with Crippen molar-refractivity contribution in [2.75, 3.05) is 5.32 Å². The molecule has 4 nitrogen and oxygen atoms in total. The highest BCUT2D eigenvalue weighted by atomic mass is 35.5. The Balaban J connectivity index is 1.70. The number of rotatable bonds is 6. The molecule has 0 aliphatic heterocycles. The minimum Gasteiger partial charge on any atom is -0.488 e. The molecular weight excluding hydrogens is 491 g/mol. The summed E-state index contributed by atoms with van der Waals surface area (Å²) in [5.74, 6) is -0.0559. The number of hydrogen-bond acceptors (Lipinski definition) is 3. The van der Waals surface area contributed by atoms with Crippen molar-refractivity contribution in [3.8, 4) is 11.8 Å². The third-order valence-electron chi connectivity index (χ3n) is 5.10. The van der Waals surface area contributed by atoms with Gasteiger partial charge < -0.3 is 10.1 Å². The zero-order valence-corrected chi connectivity index (χ0v) is 20.0. The van der Waals surface area contributed by atoms with Crippen LogP contribution in [0, 0.1) is 11.3 Å². The third-order valence-corrected chi connectivity index (χ3v) is 6.21. The first-order valence-electron chi connectivity index (χ1n) is 10.2. The second kappa shape index (κ2) is 10.6. The maximum absolute atomic E-state index is 12.9. The van der Waals surface area contributed by atoms with Crippen LogP contribution in [-0.4, -0.2) is 5.91 Å². The lowest BCUT2D eigenvalue weighted by molar-refractivity contribution is -0.112. The Morgan fingerprint density at radius 2 is 1.68 bits per heavy atom. The molecule has 1 amide bonds. The zero-order valence-electron chi connectivity index (χ0n) is 17.7. The topological polar surface area (TPSA) is 62.1 Å². The molecule has 0 saturated carbocycles. The molecule has 0 heterocycles. The van der Waals surface area contributed by atoms with Gasteiger partial charge in [-0.15, -0.1) is 0 Å². The van der Waals surface area contributed by atoms with Crippen molar-refractivity contribution in [2.24, 2.45) is 0 Å². The number of benzene rings is 4. The van der Waals surface area contributed by atoms with Crippen LogP contribution in [0.1, 0.15) is 11.1 Å². The number of nitrogens with zero attached hydrogens (tertiary/aromatic N) is 1. The highest BCUT2D eigenvalue weighted by Crippen LogP contribution is 2.32. The van der Waals surface area contributed by atoms with Crippen LogP contribution in [-0.2, 0) is 11.4 Å². The average Bonchev–Trinajstić information content (AvgIpc) is 2.84. The summed E-state index contributed by atoms with van der Waals surface area (Å²) in [6, 6.07) is 25.5. The smallest absolute Gasteiger partial charge is 0.266 e. The van der Waals surface area contributed by atoms with Crippen molar-refractivity contribution >= 4 is 63.2 Å². The molecule has 4 aromatic carbocycles. The normalized spacial score (nSPS) is 11.2. The molecule has 0 bridgehead atoms. The molecular formula is C27H17Cl3N2O2. The summed E-state index contributed by atoms with van der Waals surface area (Å²) in [4.78, 5) is 12.9. The second-order valence-electron chi connectivity index (χ2n) is 7.33. The van der Waals surface area contributed by atoms with E-state index in [2.05, 4.69) is 5.32 Å². The first-order valence-corrected chi connectivity index (χ1v) is 11.4. The van der Waals surface area contributed by atoms with E-state index in [-0.39, 0.29) is 12.2 Å². The van der Waals surface area contributed by atoms with Gasteiger partial charge in [-0.2, -0.15) is 5.26 Å². The third kappa shape index (κ3) is 5.35. The van der Waals surface area contributed by atoms with Gasteiger partial charge in [-0.05, 0) is 47.2 Å². The van der Waals surface area contributed by atoms with E-state index in [1.54, 1.807) is 18.2 Å². The van der Waals surface area contributed by atoms with Crippen molar-refractivity contribution in [1.29, 1.82) is 5.26 Å². The number of carbonyl (C=O) groups is 1. The number of hydrogen-bond donors (Lipinski definition) is 1. The fraction of sp³-hybridized carbons (Fsp3) is 0.0370. The number of nitriles is 1. The summed E-state index contributed by atoms with van der Waals surface area (Å²) in [7, 11) is 0. The summed E-state index contributed by atoms with van der Waals surface area (Å²) in [6.07, 6.45) is 1.52. The lowest BCUT2D eigenvalue weighted by Crippen LogP contribution is -2.13. The fourth-order valence-corrected chi connectivity index (χ4v) is 3.87. The summed E-state index contributed by atoms with van der Waals surface area (Å²) in [5.41, 5.74) is 1.77. The van der Waals surface area contributed by atoms with Crippen LogP contribution in [0.2, 0.25) is 15.1 Å². The molecule has 168 valence electrons. The lowest BCUT2D eigenvalue weighted by atomic mass is 10.0. The summed E-state index contributed by atoms with van der Waals surface area (Å²) >= 11 is 18.2. The number of carbonyl (C=O) groups excluding carboxylic acids is 1. The van der Waals surface area contributed by atoms with E-state index in [9.17, 15) is 10.1 Å². The fourth-order valence-electron chi connectivity index (χ4n) is 3.39. The van der Waals surface area contributed by atoms with Crippen LogP contribution in [0.15, 0.2) is 84.4 Å². The number of ether oxygens (including phenoxy) is 1. The second-order valence-corrected chi connectivity index (χ2v) is 8.55. The van der Waals surface area contributed by atoms with E-state index in [4.69, 9.17) is 39.5 Å². The molecule has 0 saturated heterocycles. The van der Waals surface area contributed by atoms with E-state index < -0.39 is 5.91 Å². The van der Waals surface area contributed by atoms with Gasteiger partial charge in [-0.1, -0.05) is 83.3 Å².